The summed E-state index contributed by atoms with van der Waals surface area (Å²) in [7, 11) is 0. The highest BCUT2D eigenvalue weighted by molar-refractivity contribution is 6.02. The second-order valence-corrected chi connectivity index (χ2v) is 8.76. The molecule has 1 nitrogen and oxygen atoms in total. The molecule has 0 aliphatic heterocycles. The van der Waals surface area contributed by atoms with E-state index in [1.54, 1.807) is 0 Å². The number of rotatable bonds is 7. The molecule has 0 aromatic heterocycles. The minimum absolute atomic E-state index is 0.483. The Morgan fingerprint density at radius 1 is 0.931 bits per heavy atom. The third-order valence-corrected chi connectivity index (χ3v) is 6.33. The molecule has 3 aromatic carbocycles. The zero-order valence-corrected chi connectivity index (χ0v) is 18.3. The Hall–Kier alpha value is -2.54. The zero-order chi connectivity index (χ0) is 20.5. The average Bonchev–Trinajstić information content (AvgIpc) is 3.55. The van der Waals surface area contributed by atoms with Gasteiger partial charge in [0.05, 0.1) is 0 Å². The van der Waals surface area contributed by atoms with E-state index < -0.39 is 0 Å². The number of hydrogen-bond acceptors (Lipinski definition) is 1. The molecule has 0 amide bonds. The molecule has 0 unspecified atom stereocenters. The Morgan fingerprint density at radius 2 is 1.59 bits per heavy atom. The molecular formula is C28H33N. The maximum Gasteiger partial charge on any atom is 0.0498 e. The Labute approximate surface area is 175 Å². The smallest absolute Gasteiger partial charge is 0.0498 e. The van der Waals surface area contributed by atoms with Gasteiger partial charge in [-0.15, -0.1) is 0 Å². The van der Waals surface area contributed by atoms with Gasteiger partial charge in [-0.1, -0.05) is 74.0 Å². The van der Waals surface area contributed by atoms with E-state index in [4.69, 9.17) is 0 Å². The number of aryl methyl sites for hydroxylation is 2. The molecule has 4 rings (SSSR count). The van der Waals surface area contributed by atoms with Gasteiger partial charge in [0.1, 0.15) is 0 Å². The van der Waals surface area contributed by atoms with Crippen molar-refractivity contribution in [2.45, 2.75) is 59.4 Å². The van der Waals surface area contributed by atoms with Gasteiger partial charge in [-0.2, -0.15) is 0 Å². The van der Waals surface area contributed by atoms with Crippen molar-refractivity contribution in [1.82, 2.24) is 0 Å². The molecule has 0 spiro atoms. The van der Waals surface area contributed by atoms with Gasteiger partial charge in [0, 0.05) is 22.7 Å². The highest BCUT2D eigenvalue weighted by Gasteiger charge is 2.27. The van der Waals surface area contributed by atoms with E-state index in [1.807, 2.05) is 0 Å². The monoisotopic (exact) mass is 383 g/mol. The maximum absolute atomic E-state index is 4.48. The Morgan fingerprint density at radius 3 is 2.21 bits per heavy atom. The first-order valence-electron chi connectivity index (χ1n) is 11.1. The van der Waals surface area contributed by atoms with Crippen molar-refractivity contribution in [3.63, 3.8) is 0 Å². The van der Waals surface area contributed by atoms with E-state index in [1.165, 1.54) is 62.7 Å². The molecule has 0 bridgehead atoms. The van der Waals surface area contributed by atoms with E-state index in [9.17, 15) is 0 Å². The number of fused-ring (bicyclic) bond motifs is 1. The average molecular weight is 384 g/mol. The van der Waals surface area contributed by atoms with Crippen LogP contribution in [0.2, 0.25) is 0 Å². The summed E-state index contributed by atoms with van der Waals surface area (Å²) in [6.07, 6.45) is 4.81. The molecule has 0 radical (unpaired) electrons. The molecule has 1 saturated carbocycles. The molecule has 0 atom stereocenters. The molecule has 29 heavy (non-hydrogen) atoms. The predicted octanol–water partition coefficient (Wildman–Crippen LogP) is 8.15. The first kappa shape index (κ1) is 19.8. The fraction of sp³-hybridized carbons (Fsp3) is 0.357. The van der Waals surface area contributed by atoms with Crippen molar-refractivity contribution in [2.75, 3.05) is 5.32 Å². The molecule has 150 valence electrons. The number of anilines is 1. The van der Waals surface area contributed by atoms with Crippen molar-refractivity contribution < 1.29 is 0 Å². The fourth-order valence-electron chi connectivity index (χ4n) is 4.41. The zero-order valence-electron chi connectivity index (χ0n) is 18.3. The number of allylic oxidation sites excluding steroid dienone is 1. The van der Waals surface area contributed by atoms with Gasteiger partial charge in [0.25, 0.3) is 0 Å². The summed E-state index contributed by atoms with van der Waals surface area (Å²) in [6.45, 7) is 13.4. The highest BCUT2D eigenvalue weighted by atomic mass is 14.9. The lowest BCUT2D eigenvalue weighted by Gasteiger charge is -2.22. The van der Waals surface area contributed by atoms with Crippen LogP contribution in [0.15, 0.2) is 55.1 Å². The lowest BCUT2D eigenvalue weighted by atomic mass is 9.93. The van der Waals surface area contributed by atoms with Crippen molar-refractivity contribution in [2.24, 2.45) is 5.92 Å². The fourth-order valence-corrected chi connectivity index (χ4v) is 4.41. The predicted molar refractivity (Wildman–Crippen MR) is 129 cm³/mol. The van der Waals surface area contributed by atoms with Gasteiger partial charge >= 0.3 is 0 Å². The maximum atomic E-state index is 4.48. The van der Waals surface area contributed by atoms with Crippen LogP contribution in [0.4, 0.5) is 5.69 Å². The second-order valence-electron chi connectivity index (χ2n) is 8.76. The Kier molecular flexibility index (Phi) is 5.50. The van der Waals surface area contributed by atoms with E-state index in [2.05, 4.69) is 88.1 Å². The first-order valence-corrected chi connectivity index (χ1v) is 11.1. The van der Waals surface area contributed by atoms with E-state index >= 15 is 0 Å². The van der Waals surface area contributed by atoms with Gasteiger partial charge in [-0.25, -0.2) is 0 Å². The lowest BCUT2D eigenvalue weighted by molar-refractivity contribution is 0.672. The molecular weight excluding hydrogens is 350 g/mol. The highest BCUT2D eigenvalue weighted by Crippen LogP contribution is 2.45. The summed E-state index contributed by atoms with van der Waals surface area (Å²) in [5.41, 5.74) is 9.09. The minimum atomic E-state index is 0.483. The molecule has 0 saturated heterocycles. The molecule has 1 N–H and O–H groups in total. The van der Waals surface area contributed by atoms with Crippen LogP contribution in [-0.2, 0) is 0 Å². The summed E-state index contributed by atoms with van der Waals surface area (Å²) in [6, 6.07) is 18.7. The lowest BCUT2D eigenvalue weighted by Crippen LogP contribution is -2.18. The summed E-state index contributed by atoms with van der Waals surface area (Å²) in [5.74, 6) is 0.664. The van der Waals surface area contributed by atoms with E-state index in [0.717, 1.165) is 12.8 Å². The van der Waals surface area contributed by atoms with Gasteiger partial charge < -0.3 is 5.32 Å². The second kappa shape index (κ2) is 8.06. The van der Waals surface area contributed by atoms with Crippen LogP contribution >= 0.6 is 0 Å². The summed E-state index contributed by atoms with van der Waals surface area (Å²) >= 11 is 0. The number of nitrogens with one attached hydrogen (secondary N) is 1. The quantitative estimate of drug-likeness (QED) is 0.434. The third kappa shape index (κ3) is 4.10. The van der Waals surface area contributed by atoms with Crippen molar-refractivity contribution >= 4 is 22.0 Å². The van der Waals surface area contributed by atoms with Gasteiger partial charge in [0.2, 0.25) is 0 Å². The summed E-state index contributed by atoms with van der Waals surface area (Å²) in [5, 5.41) is 6.50. The van der Waals surface area contributed by atoms with Crippen LogP contribution in [0.1, 0.15) is 56.2 Å². The van der Waals surface area contributed by atoms with Crippen molar-refractivity contribution in [1.29, 1.82) is 0 Å². The largest absolute Gasteiger partial charge is 0.381 e. The Bertz CT molecular complexity index is 1030. The van der Waals surface area contributed by atoms with E-state index in [-0.39, 0.29) is 0 Å². The standard InChI is InChI=1S/C28H33N/c1-6-25(7-2)29-28-26(20(5)21-8-9-21)13-12-22-10-11-23(17-27(22)28)24-15-18(3)14-19(4)16-24/h10-17,21,25,29H,5-9H2,1-4H3. The van der Waals surface area contributed by atoms with E-state index in [0.29, 0.717) is 12.0 Å². The molecule has 1 aliphatic rings. The van der Waals surface area contributed by atoms with Gasteiger partial charge in [-0.3, -0.25) is 0 Å². The van der Waals surface area contributed by atoms with Crippen LogP contribution in [-0.4, -0.2) is 6.04 Å². The van der Waals surface area contributed by atoms with Gasteiger partial charge in [-0.05, 0) is 73.6 Å². The van der Waals surface area contributed by atoms with Crippen molar-refractivity contribution in [3.05, 3.63) is 71.8 Å². The molecule has 1 aliphatic carbocycles. The molecule has 3 aromatic rings. The molecule has 1 fully saturated rings. The molecule has 0 heterocycles. The number of benzene rings is 3. The normalized spacial score (nSPS) is 13.8. The van der Waals surface area contributed by atoms with Crippen LogP contribution < -0.4 is 5.32 Å². The SMILES string of the molecule is C=C(c1ccc2ccc(-c3cc(C)cc(C)c3)cc2c1NC(CC)CC)C1CC1. The first-order chi connectivity index (χ1) is 14.0. The topological polar surface area (TPSA) is 12.0 Å². The van der Waals surface area contributed by atoms with Crippen LogP contribution in [0.25, 0.3) is 27.5 Å². The summed E-state index contributed by atoms with van der Waals surface area (Å²) in [4.78, 5) is 0. The summed E-state index contributed by atoms with van der Waals surface area (Å²) < 4.78 is 0. The van der Waals surface area contributed by atoms with Crippen molar-refractivity contribution in [3.8, 4) is 11.1 Å². The molecule has 1 heteroatoms. The van der Waals surface area contributed by atoms with Crippen LogP contribution in [0.3, 0.4) is 0 Å². The minimum Gasteiger partial charge on any atom is -0.381 e. The van der Waals surface area contributed by atoms with Crippen LogP contribution in [0.5, 0.6) is 0 Å². The Balaban J connectivity index is 1.89. The van der Waals surface area contributed by atoms with Gasteiger partial charge in [0.15, 0.2) is 0 Å². The number of hydrogen-bond donors (Lipinski definition) is 1. The van der Waals surface area contributed by atoms with Crippen LogP contribution in [0, 0.1) is 19.8 Å². The third-order valence-electron chi connectivity index (χ3n) is 6.33.